The molecule has 1 fully saturated rings. The van der Waals surface area contributed by atoms with Crippen LogP contribution in [0.4, 0.5) is 4.39 Å². The van der Waals surface area contributed by atoms with Crippen molar-refractivity contribution < 1.29 is 18.7 Å². The van der Waals surface area contributed by atoms with E-state index in [1.54, 1.807) is 26.3 Å². The first-order valence-electron chi connectivity index (χ1n) is 10.2. The van der Waals surface area contributed by atoms with Gasteiger partial charge >= 0.3 is 0 Å². The zero-order valence-electron chi connectivity index (χ0n) is 17.9. The SMILES string of the molecule is CN=C(NCCNC(=O)Cc1cccc(F)c1)N1CCC(OCCCOC)CC1.I. The molecule has 0 spiro atoms. The number of guanidine groups is 1. The lowest BCUT2D eigenvalue weighted by molar-refractivity contribution is -0.120. The summed E-state index contributed by atoms with van der Waals surface area (Å²) in [4.78, 5) is 18.5. The standard InChI is InChI=1S/C21H33FN4O3.HI/c1-23-21(26-11-7-19(8-12-26)29-14-4-13-28-2)25-10-9-24-20(27)16-17-5-3-6-18(22)15-17;/h3,5-6,15,19H,4,7-14,16H2,1-2H3,(H,23,25)(H,24,27);1H. The van der Waals surface area contributed by atoms with Crippen molar-refractivity contribution in [3.63, 3.8) is 0 Å². The number of carbonyl (C=O) groups is 1. The zero-order chi connectivity index (χ0) is 20.9. The maximum Gasteiger partial charge on any atom is 0.224 e. The van der Waals surface area contributed by atoms with Crippen molar-refractivity contribution in [2.24, 2.45) is 4.99 Å². The summed E-state index contributed by atoms with van der Waals surface area (Å²) in [6, 6.07) is 6.10. The molecule has 7 nitrogen and oxygen atoms in total. The van der Waals surface area contributed by atoms with Crippen LogP contribution in [0.2, 0.25) is 0 Å². The summed E-state index contributed by atoms with van der Waals surface area (Å²) in [6.07, 6.45) is 3.33. The molecule has 9 heteroatoms. The number of rotatable bonds is 10. The van der Waals surface area contributed by atoms with Gasteiger partial charge in [-0.15, -0.1) is 24.0 Å². The van der Waals surface area contributed by atoms with Gasteiger partial charge in [0.15, 0.2) is 5.96 Å². The molecule has 2 rings (SSSR count). The fourth-order valence-electron chi connectivity index (χ4n) is 3.29. The number of hydrogen-bond acceptors (Lipinski definition) is 4. The van der Waals surface area contributed by atoms with Crippen LogP contribution in [0, 0.1) is 5.82 Å². The number of ether oxygens (including phenoxy) is 2. The number of hydrogen-bond donors (Lipinski definition) is 2. The number of halogens is 2. The highest BCUT2D eigenvalue weighted by Crippen LogP contribution is 2.14. The van der Waals surface area contributed by atoms with E-state index in [9.17, 15) is 9.18 Å². The number of methoxy groups -OCH3 is 1. The van der Waals surface area contributed by atoms with E-state index in [0.717, 1.165) is 51.5 Å². The summed E-state index contributed by atoms with van der Waals surface area (Å²) in [7, 11) is 3.46. The first kappa shape index (κ1) is 26.6. The Morgan fingerprint density at radius 2 is 1.97 bits per heavy atom. The highest BCUT2D eigenvalue weighted by molar-refractivity contribution is 14.0. The van der Waals surface area contributed by atoms with E-state index in [1.165, 1.54) is 12.1 Å². The molecular formula is C21H34FIN4O3. The average Bonchev–Trinajstić information content (AvgIpc) is 2.72. The number of piperidine rings is 1. The second-order valence-corrected chi connectivity index (χ2v) is 7.03. The van der Waals surface area contributed by atoms with Gasteiger partial charge in [-0.1, -0.05) is 12.1 Å². The Hall–Kier alpha value is -1.46. The van der Waals surface area contributed by atoms with E-state index in [0.29, 0.717) is 24.8 Å². The van der Waals surface area contributed by atoms with Gasteiger partial charge in [0.2, 0.25) is 5.91 Å². The van der Waals surface area contributed by atoms with Gasteiger partial charge in [0.1, 0.15) is 5.82 Å². The number of carbonyl (C=O) groups excluding carboxylic acids is 1. The molecule has 30 heavy (non-hydrogen) atoms. The molecule has 0 bridgehead atoms. The lowest BCUT2D eigenvalue weighted by atomic mass is 10.1. The van der Waals surface area contributed by atoms with E-state index in [4.69, 9.17) is 9.47 Å². The smallest absolute Gasteiger partial charge is 0.224 e. The van der Waals surface area contributed by atoms with Crippen LogP contribution in [0.5, 0.6) is 0 Å². The first-order chi connectivity index (χ1) is 14.1. The van der Waals surface area contributed by atoms with E-state index >= 15 is 0 Å². The van der Waals surface area contributed by atoms with Crippen LogP contribution >= 0.6 is 24.0 Å². The van der Waals surface area contributed by atoms with E-state index < -0.39 is 0 Å². The van der Waals surface area contributed by atoms with Crippen LogP contribution in [0.25, 0.3) is 0 Å². The number of benzene rings is 1. The molecule has 0 radical (unpaired) electrons. The maximum atomic E-state index is 13.2. The van der Waals surface area contributed by atoms with Crippen molar-refractivity contribution in [2.45, 2.75) is 31.8 Å². The van der Waals surface area contributed by atoms with Crippen molar-refractivity contribution in [1.82, 2.24) is 15.5 Å². The van der Waals surface area contributed by atoms with Gasteiger partial charge in [-0.25, -0.2) is 4.39 Å². The predicted molar refractivity (Wildman–Crippen MR) is 127 cm³/mol. The van der Waals surface area contributed by atoms with Crippen LogP contribution in [0.15, 0.2) is 29.3 Å². The molecule has 0 atom stereocenters. The quantitative estimate of drug-likeness (QED) is 0.208. The maximum absolute atomic E-state index is 13.2. The third-order valence-electron chi connectivity index (χ3n) is 4.78. The Kier molecular flexibility index (Phi) is 13.6. The van der Waals surface area contributed by atoms with Crippen molar-refractivity contribution in [3.8, 4) is 0 Å². The van der Waals surface area contributed by atoms with Crippen molar-refractivity contribution in [1.29, 1.82) is 0 Å². The number of nitrogens with one attached hydrogen (secondary N) is 2. The molecule has 0 saturated carbocycles. The van der Waals surface area contributed by atoms with Crippen molar-refractivity contribution in [2.75, 3.05) is 53.6 Å². The summed E-state index contributed by atoms with van der Waals surface area (Å²) < 4.78 is 24.1. The van der Waals surface area contributed by atoms with Crippen LogP contribution in [-0.2, 0) is 20.7 Å². The monoisotopic (exact) mass is 536 g/mol. The molecule has 1 aliphatic heterocycles. The van der Waals surface area contributed by atoms with E-state index in [1.807, 2.05) is 0 Å². The van der Waals surface area contributed by atoms with Crippen LogP contribution in [0.1, 0.15) is 24.8 Å². The predicted octanol–water partition coefficient (Wildman–Crippen LogP) is 2.20. The summed E-state index contributed by atoms with van der Waals surface area (Å²) >= 11 is 0. The summed E-state index contributed by atoms with van der Waals surface area (Å²) in [6.45, 7) is 4.30. The molecule has 1 saturated heterocycles. The lowest BCUT2D eigenvalue weighted by Gasteiger charge is -2.34. The number of aliphatic imine (C=N–C) groups is 1. The van der Waals surface area contributed by atoms with E-state index in [-0.39, 0.29) is 42.1 Å². The Morgan fingerprint density at radius 1 is 1.23 bits per heavy atom. The van der Waals surface area contributed by atoms with Gasteiger partial charge in [0.05, 0.1) is 12.5 Å². The van der Waals surface area contributed by atoms with Gasteiger partial charge in [-0.3, -0.25) is 9.79 Å². The van der Waals surface area contributed by atoms with Gasteiger partial charge in [0.25, 0.3) is 0 Å². The largest absolute Gasteiger partial charge is 0.385 e. The van der Waals surface area contributed by atoms with Crippen molar-refractivity contribution >= 4 is 35.8 Å². The molecule has 0 unspecified atom stereocenters. The normalized spacial score (nSPS) is 14.9. The fraction of sp³-hybridized carbons (Fsp3) is 0.619. The first-order valence-corrected chi connectivity index (χ1v) is 10.2. The zero-order valence-corrected chi connectivity index (χ0v) is 20.2. The van der Waals surface area contributed by atoms with Crippen LogP contribution in [-0.4, -0.2) is 76.4 Å². The van der Waals surface area contributed by atoms with Gasteiger partial charge < -0.3 is 25.0 Å². The molecule has 0 aliphatic carbocycles. The third kappa shape index (κ3) is 10.0. The average molecular weight is 536 g/mol. The molecule has 1 aliphatic rings. The molecule has 1 amide bonds. The second-order valence-electron chi connectivity index (χ2n) is 7.03. The Labute approximate surface area is 195 Å². The van der Waals surface area contributed by atoms with E-state index in [2.05, 4.69) is 20.5 Å². The number of likely N-dealkylation sites (tertiary alicyclic amines) is 1. The van der Waals surface area contributed by atoms with Crippen molar-refractivity contribution in [3.05, 3.63) is 35.6 Å². The number of amides is 1. The highest BCUT2D eigenvalue weighted by Gasteiger charge is 2.21. The molecule has 170 valence electrons. The van der Waals surface area contributed by atoms with Gasteiger partial charge in [0, 0.05) is 53.6 Å². The topological polar surface area (TPSA) is 75.2 Å². The minimum absolute atomic E-state index is 0. The Balaban J connectivity index is 0.00000450. The summed E-state index contributed by atoms with van der Waals surface area (Å²) in [5.41, 5.74) is 0.665. The lowest BCUT2D eigenvalue weighted by Crippen LogP contribution is -2.48. The molecule has 1 aromatic rings. The minimum Gasteiger partial charge on any atom is -0.385 e. The summed E-state index contributed by atoms with van der Waals surface area (Å²) in [5, 5.41) is 6.13. The Morgan fingerprint density at radius 3 is 2.63 bits per heavy atom. The third-order valence-corrected chi connectivity index (χ3v) is 4.78. The van der Waals surface area contributed by atoms with Gasteiger partial charge in [-0.05, 0) is 37.0 Å². The number of nitrogens with zero attached hydrogens (tertiary/aromatic N) is 2. The molecule has 0 aromatic heterocycles. The van der Waals surface area contributed by atoms with Crippen LogP contribution in [0.3, 0.4) is 0 Å². The fourth-order valence-corrected chi connectivity index (χ4v) is 3.29. The van der Waals surface area contributed by atoms with Gasteiger partial charge in [-0.2, -0.15) is 0 Å². The van der Waals surface area contributed by atoms with Crippen LogP contribution < -0.4 is 10.6 Å². The molecular weight excluding hydrogens is 502 g/mol. The Bertz CT molecular complexity index is 655. The molecule has 1 heterocycles. The molecule has 2 N–H and O–H groups in total. The highest BCUT2D eigenvalue weighted by atomic mass is 127. The second kappa shape index (κ2) is 15.4. The molecule has 1 aromatic carbocycles. The minimum atomic E-state index is -0.329. The summed E-state index contributed by atoms with van der Waals surface area (Å²) in [5.74, 6) is 0.381.